The number of methoxy groups -OCH3 is 1. The molecule has 1 N–H and O–H groups in total. The standard InChI is InChI=1S/C13H17NO2/c1-9(10-3-4-10)13(15)14-11-5-7-12(16-2)8-6-11/h5-10H,3-4H2,1-2H3,(H,14,15). The average molecular weight is 219 g/mol. The number of carbonyl (C=O) groups is 1. The second kappa shape index (κ2) is 4.56. The zero-order valence-corrected chi connectivity index (χ0v) is 9.69. The van der Waals surface area contributed by atoms with Crippen LogP contribution >= 0.6 is 0 Å². The Morgan fingerprint density at radius 1 is 1.38 bits per heavy atom. The Morgan fingerprint density at radius 2 is 2.00 bits per heavy atom. The molecule has 1 aliphatic carbocycles. The van der Waals surface area contributed by atoms with Crippen molar-refractivity contribution in [2.45, 2.75) is 19.8 Å². The van der Waals surface area contributed by atoms with Gasteiger partial charge in [0.2, 0.25) is 5.91 Å². The van der Waals surface area contributed by atoms with Crippen molar-refractivity contribution in [1.82, 2.24) is 0 Å². The molecule has 3 heteroatoms. The van der Waals surface area contributed by atoms with Crippen LogP contribution in [0.2, 0.25) is 0 Å². The van der Waals surface area contributed by atoms with Crippen LogP contribution in [-0.4, -0.2) is 13.0 Å². The van der Waals surface area contributed by atoms with E-state index in [-0.39, 0.29) is 11.8 Å². The molecule has 1 saturated carbocycles. The molecule has 1 atom stereocenters. The maximum Gasteiger partial charge on any atom is 0.227 e. The summed E-state index contributed by atoms with van der Waals surface area (Å²) in [6.45, 7) is 2.00. The first kappa shape index (κ1) is 11.0. The third kappa shape index (κ3) is 2.54. The molecule has 1 aromatic rings. The maximum atomic E-state index is 11.8. The molecular weight excluding hydrogens is 202 g/mol. The maximum absolute atomic E-state index is 11.8. The predicted octanol–water partition coefficient (Wildman–Crippen LogP) is 2.68. The zero-order chi connectivity index (χ0) is 11.5. The molecule has 1 fully saturated rings. The zero-order valence-electron chi connectivity index (χ0n) is 9.69. The van der Waals surface area contributed by atoms with Gasteiger partial charge >= 0.3 is 0 Å². The number of hydrogen-bond acceptors (Lipinski definition) is 2. The van der Waals surface area contributed by atoms with Crippen molar-refractivity contribution in [3.63, 3.8) is 0 Å². The van der Waals surface area contributed by atoms with E-state index in [9.17, 15) is 4.79 Å². The van der Waals surface area contributed by atoms with Gasteiger partial charge in [-0.25, -0.2) is 0 Å². The largest absolute Gasteiger partial charge is 0.497 e. The molecule has 0 radical (unpaired) electrons. The van der Waals surface area contributed by atoms with E-state index in [0.717, 1.165) is 11.4 Å². The summed E-state index contributed by atoms with van der Waals surface area (Å²) < 4.78 is 5.06. The first-order valence-corrected chi connectivity index (χ1v) is 5.65. The Kier molecular flexibility index (Phi) is 3.13. The van der Waals surface area contributed by atoms with E-state index in [4.69, 9.17) is 4.74 Å². The van der Waals surface area contributed by atoms with Gasteiger partial charge in [0.25, 0.3) is 0 Å². The van der Waals surface area contributed by atoms with Gasteiger partial charge in [-0.05, 0) is 43.0 Å². The first-order valence-electron chi connectivity index (χ1n) is 5.65. The van der Waals surface area contributed by atoms with Crippen molar-refractivity contribution >= 4 is 11.6 Å². The summed E-state index contributed by atoms with van der Waals surface area (Å²) >= 11 is 0. The lowest BCUT2D eigenvalue weighted by Gasteiger charge is -2.11. The van der Waals surface area contributed by atoms with Gasteiger partial charge in [0.1, 0.15) is 5.75 Å². The van der Waals surface area contributed by atoms with Gasteiger partial charge in [-0.3, -0.25) is 4.79 Å². The third-order valence-corrected chi connectivity index (χ3v) is 3.10. The van der Waals surface area contributed by atoms with E-state index in [1.165, 1.54) is 12.8 Å². The predicted molar refractivity (Wildman–Crippen MR) is 63.5 cm³/mol. The van der Waals surface area contributed by atoms with Crippen LogP contribution in [0.5, 0.6) is 5.75 Å². The van der Waals surface area contributed by atoms with Gasteiger partial charge in [-0.1, -0.05) is 6.92 Å². The van der Waals surface area contributed by atoms with Crippen LogP contribution in [-0.2, 0) is 4.79 Å². The highest BCUT2D eigenvalue weighted by Gasteiger charge is 2.32. The number of carbonyl (C=O) groups excluding carboxylic acids is 1. The minimum absolute atomic E-state index is 0.118. The Bertz CT molecular complexity index is 368. The topological polar surface area (TPSA) is 38.3 Å². The van der Waals surface area contributed by atoms with Crippen molar-refractivity contribution < 1.29 is 9.53 Å². The minimum atomic E-state index is 0.118. The Hall–Kier alpha value is -1.51. The van der Waals surface area contributed by atoms with Crippen LogP contribution in [0.3, 0.4) is 0 Å². The van der Waals surface area contributed by atoms with E-state index in [0.29, 0.717) is 5.92 Å². The SMILES string of the molecule is COc1ccc(NC(=O)C(C)C2CC2)cc1. The molecule has 1 aromatic carbocycles. The van der Waals surface area contributed by atoms with E-state index in [2.05, 4.69) is 5.32 Å². The summed E-state index contributed by atoms with van der Waals surface area (Å²) in [5, 5.41) is 2.92. The number of anilines is 1. The molecule has 2 rings (SSSR count). The van der Waals surface area contributed by atoms with Crippen LogP contribution in [0, 0.1) is 11.8 Å². The molecule has 1 aliphatic rings. The van der Waals surface area contributed by atoms with Crippen LogP contribution in [0.15, 0.2) is 24.3 Å². The molecule has 0 aromatic heterocycles. The first-order chi connectivity index (χ1) is 7.70. The van der Waals surface area contributed by atoms with Crippen molar-refractivity contribution in [3.05, 3.63) is 24.3 Å². The Morgan fingerprint density at radius 3 is 2.50 bits per heavy atom. The highest BCUT2D eigenvalue weighted by molar-refractivity contribution is 5.92. The van der Waals surface area contributed by atoms with E-state index < -0.39 is 0 Å². The molecule has 1 amide bonds. The van der Waals surface area contributed by atoms with Crippen LogP contribution in [0.25, 0.3) is 0 Å². The lowest BCUT2D eigenvalue weighted by Crippen LogP contribution is -2.21. The van der Waals surface area contributed by atoms with Gasteiger partial charge in [-0.15, -0.1) is 0 Å². The number of rotatable bonds is 4. The van der Waals surface area contributed by atoms with Gasteiger partial charge in [0.05, 0.1) is 7.11 Å². The van der Waals surface area contributed by atoms with Crippen LogP contribution in [0.1, 0.15) is 19.8 Å². The minimum Gasteiger partial charge on any atom is -0.497 e. The highest BCUT2D eigenvalue weighted by atomic mass is 16.5. The smallest absolute Gasteiger partial charge is 0.227 e. The summed E-state index contributed by atoms with van der Waals surface area (Å²) in [7, 11) is 1.63. The normalized spacial score (nSPS) is 16.6. The van der Waals surface area contributed by atoms with Crippen molar-refractivity contribution in [3.8, 4) is 5.75 Å². The third-order valence-electron chi connectivity index (χ3n) is 3.10. The fraction of sp³-hybridized carbons (Fsp3) is 0.462. The second-order valence-corrected chi connectivity index (χ2v) is 4.34. The number of benzene rings is 1. The highest BCUT2D eigenvalue weighted by Crippen LogP contribution is 2.37. The van der Waals surface area contributed by atoms with Gasteiger partial charge in [0, 0.05) is 11.6 Å². The summed E-state index contributed by atoms with van der Waals surface area (Å²) in [6, 6.07) is 7.40. The molecule has 16 heavy (non-hydrogen) atoms. The van der Waals surface area contributed by atoms with Gasteiger partial charge in [-0.2, -0.15) is 0 Å². The number of ether oxygens (including phenoxy) is 1. The molecule has 3 nitrogen and oxygen atoms in total. The molecule has 0 bridgehead atoms. The van der Waals surface area contributed by atoms with Crippen molar-refractivity contribution in [1.29, 1.82) is 0 Å². The van der Waals surface area contributed by atoms with Crippen LogP contribution in [0.4, 0.5) is 5.69 Å². The Labute approximate surface area is 95.8 Å². The monoisotopic (exact) mass is 219 g/mol. The van der Waals surface area contributed by atoms with Crippen LogP contribution < -0.4 is 10.1 Å². The number of nitrogens with one attached hydrogen (secondary N) is 1. The van der Waals surface area contributed by atoms with E-state index in [1.54, 1.807) is 7.11 Å². The Balaban J connectivity index is 1.94. The summed E-state index contributed by atoms with van der Waals surface area (Å²) in [5.41, 5.74) is 0.832. The fourth-order valence-electron chi connectivity index (χ4n) is 1.74. The van der Waals surface area contributed by atoms with Gasteiger partial charge < -0.3 is 10.1 Å². The number of amides is 1. The molecule has 0 saturated heterocycles. The average Bonchev–Trinajstić information content (AvgIpc) is 3.13. The molecular formula is C13H17NO2. The molecule has 0 aliphatic heterocycles. The fourth-order valence-corrected chi connectivity index (χ4v) is 1.74. The molecule has 1 unspecified atom stereocenters. The van der Waals surface area contributed by atoms with E-state index in [1.807, 2.05) is 31.2 Å². The number of hydrogen-bond donors (Lipinski definition) is 1. The molecule has 86 valence electrons. The van der Waals surface area contributed by atoms with Crippen molar-refractivity contribution in [2.24, 2.45) is 11.8 Å². The lowest BCUT2D eigenvalue weighted by atomic mass is 10.1. The molecule has 0 spiro atoms. The quantitative estimate of drug-likeness (QED) is 0.845. The summed E-state index contributed by atoms with van der Waals surface area (Å²) in [6.07, 6.45) is 2.38. The summed E-state index contributed by atoms with van der Waals surface area (Å²) in [5.74, 6) is 1.64. The summed E-state index contributed by atoms with van der Waals surface area (Å²) in [4.78, 5) is 11.8. The van der Waals surface area contributed by atoms with Gasteiger partial charge in [0.15, 0.2) is 0 Å². The van der Waals surface area contributed by atoms with E-state index >= 15 is 0 Å². The lowest BCUT2D eigenvalue weighted by molar-refractivity contribution is -0.119. The molecule has 0 heterocycles. The van der Waals surface area contributed by atoms with Crippen molar-refractivity contribution in [2.75, 3.05) is 12.4 Å². The second-order valence-electron chi connectivity index (χ2n) is 4.34.